The van der Waals surface area contributed by atoms with E-state index in [0.29, 0.717) is 0 Å². The Morgan fingerprint density at radius 1 is 0.435 bits per heavy atom. The highest BCUT2D eigenvalue weighted by Crippen LogP contribution is 2.50. The van der Waals surface area contributed by atoms with E-state index in [1.165, 1.54) is 43.9 Å². The van der Waals surface area contributed by atoms with E-state index >= 15 is 0 Å². The topological polar surface area (TPSA) is 47.6 Å². The van der Waals surface area contributed by atoms with Crippen molar-refractivity contribution in [2.24, 2.45) is 0 Å². The van der Waals surface area contributed by atoms with E-state index in [2.05, 4.69) is 190 Å². The van der Waals surface area contributed by atoms with E-state index in [0.717, 1.165) is 94.0 Å². The van der Waals surface area contributed by atoms with Crippen LogP contribution >= 0.6 is 0 Å². The first kappa shape index (κ1) is 34.5. The summed E-state index contributed by atoms with van der Waals surface area (Å²) in [5.74, 6) is 0. The highest BCUT2D eigenvalue weighted by molar-refractivity contribution is 6.94. The van der Waals surface area contributed by atoms with Crippen LogP contribution in [-0.2, 0) is 10.8 Å². The Labute approximate surface area is 357 Å². The van der Waals surface area contributed by atoms with Crippen LogP contribution < -0.4 is 15.7 Å². The van der Waals surface area contributed by atoms with Crippen molar-refractivity contribution in [3.63, 3.8) is 0 Å². The molecule has 0 saturated heterocycles. The zero-order valence-electron chi connectivity index (χ0n) is 35.5. The summed E-state index contributed by atoms with van der Waals surface area (Å²) in [7, 11) is 0. The number of nitrogens with zero attached hydrogens (tertiary/aromatic N) is 2. The van der Waals surface area contributed by atoms with Gasteiger partial charge in [0.05, 0.1) is 11.0 Å². The number of para-hydroxylation sites is 2. The summed E-state index contributed by atoms with van der Waals surface area (Å²) >= 11 is 0. The summed E-state index contributed by atoms with van der Waals surface area (Å²) in [6.07, 6.45) is 0. The first-order chi connectivity index (χ1) is 30.0. The molecule has 0 aliphatic carbocycles. The first-order valence-electron chi connectivity index (χ1n) is 21.8. The monoisotopic (exact) mass is 800 g/mol. The number of hydrogen-bond donors (Lipinski definition) is 0. The third kappa shape index (κ3) is 4.39. The third-order valence-electron chi connectivity index (χ3n) is 14.1. The fraction of sp³-hybridized carbons (Fsp3) is 0.143. The van der Waals surface area contributed by atoms with Crippen LogP contribution in [-0.4, -0.2) is 11.4 Å². The fourth-order valence-electron chi connectivity index (χ4n) is 11.1. The van der Waals surface area contributed by atoms with Crippen LogP contribution in [0.2, 0.25) is 0 Å². The second-order valence-corrected chi connectivity index (χ2v) is 19.7. The summed E-state index contributed by atoms with van der Waals surface area (Å²) in [6.45, 7) is 13.4. The summed E-state index contributed by atoms with van der Waals surface area (Å²) in [5.41, 5.74) is 18.7. The van der Waals surface area contributed by atoms with E-state index < -0.39 is 0 Å². The molecule has 0 atom stereocenters. The van der Waals surface area contributed by atoms with Gasteiger partial charge in [0.25, 0.3) is 0 Å². The van der Waals surface area contributed by atoms with Crippen molar-refractivity contribution < 1.29 is 13.3 Å². The quantitative estimate of drug-likeness (QED) is 0.155. The first-order valence-corrected chi connectivity index (χ1v) is 21.8. The number of anilines is 2. The number of benzene rings is 8. The van der Waals surface area contributed by atoms with Crippen LogP contribution in [0.3, 0.4) is 0 Å². The molecule has 0 fully saturated rings. The molecule has 296 valence electrons. The van der Waals surface area contributed by atoms with Gasteiger partial charge in [-0.1, -0.05) is 114 Å². The largest absolute Gasteiger partial charge is 0.456 e. The van der Waals surface area contributed by atoms with Gasteiger partial charge >= 0.3 is 6.85 Å². The maximum atomic E-state index is 6.83. The molecule has 0 amide bonds. The van der Waals surface area contributed by atoms with Crippen LogP contribution in [0.4, 0.5) is 11.4 Å². The lowest BCUT2D eigenvalue weighted by atomic mass is 9.44. The van der Waals surface area contributed by atoms with Gasteiger partial charge in [-0.25, -0.2) is 0 Å². The van der Waals surface area contributed by atoms with Gasteiger partial charge in [0.2, 0.25) is 0 Å². The summed E-state index contributed by atoms with van der Waals surface area (Å²) in [5, 5.41) is 9.19. The Morgan fingerprint density at radius 3 is 1.82 bits per heavy atom. The molecular formula is C56H41BN2O3. The van der Waals surface area contributed by atoms with Crippen LogP contribution in [0.25, 0.3) is 104 Å². The molecule has 4 aromatic heterocycles. The SMILES string of the molecule is CC(C)(C)c1ccc(N2B3c4cc5oc6ccccc6c5cc4-n4c5ccc6oc7ccccc7c6c5c5ccc(c3c54)-c3cc4oc5cc(C(C)(C)C)ccc5c4cc32)cc1. The van der Waals surface area contributed by atoms with Gasteiger partial charge in [-0.3, -0.25) is 0 Å². The van der Waals surface area contributed by atoms with E-state index in [9.17, 15) is 0 Å². The predicted octanol–water partition coefficient (Wildman–Crippen LogP) is 14.3. The number of rotatable bonds is 1. The lowest BCUT2D eigenvalue weighted by Crippen LogP contribution is -2.60. The van der Waals surface area contributed by atoms with Crippen LogP contribution in [0.5, 0.6) is 0 Å². The van der Waals surface area contributed by atoms with Gasteiger partial charge in [-0.2, -0.15) is 0 Å². The number of aromatic nitrogens is 1. The molecule has 0 saturated carbocycles. The zero-order valence-corrected chi connectivity index (χ0v) is 35.5. The van der Waals surface area contributed by atoms with Crippen molar-refractivity contribution in [1.29, 1.82) is 0 Å². The van der Waals surface area contributed by atoms with Crippen LogP contribution in [0.15, 0.2) is 153 Å². The molecule has 8 aromatic carbocycles. The molecule has 2 aliphatic heterocycles. The molecule has 0 spiro atoms. The summed E-state index contributed by atoms with van der Waals surface area (Å²) in [6, 6.07) is 51.5. The van der Waals surface area contributed by atoms with E-state index in [4.69, 9.17) is 13.3 Å². The maximum Gasteiger partial charge on any atom is 0.333 e. The molecule has 0 N–H and O–H groups in total. The molecule has 6 heteroatoms. The summed E-state index contributed by atoms with van der Waals surface area (Å²) in [4.78, 5) is 2.60. The minimum atomic E-state index is -0.175. The Bertz CT molecular complexity index is 3960. The Morgan fingerprint density at radius 2 is 1.05 bits per heavy atom. The second-order valence-electron chi connectivity index (χ2n) is 19.7. The zero-order chi connectivity index (χ0) is 41.6. The Balaban J connectivity index is 1.16. The Hall–Kier alpha value is -7.18. The van der Waals surface area contributed by atoms with E-state index in [-0.39, 0.29) is 17.7 Å². The molecule has 5 nitrogen and oxygen atoms in total. The highest BCUT2D eigenvalue weighted by Gasteiger charge is 2.45. The average Bonchev–Trinajstić information content (AvgIpc) is 4.02. The van der Waals surface area contributed by atoms with Crippen LogP contribution in [0.1, 0.15) is 52.7 Å². The lowest BCUT2D eigenvalue weighted by Gasteiger charge is -2.42. The smallest absolute Gasteiger partial charge is 0.333 e. The molecule has 0 radical (unpaired) electrons. The molecule has 2 aliphatic rings. The Kier molecular flexibility index (Phi) is 6.34. The van der Waals surface area contributed by atoms with E-state index in [1.807, 2.05) is 0 Å². The van der Waals surface area contributed by atoms with Crippen LogP contribution in [0, 0.1) is 0 Å². The predicted molar refractivity (Wildman–Crippen MR) is 259 cm³/mol. The van der Waals surface area contributed by atoms with Crippen molar-refractivity contribution >= 4 is 117 Å². The number of fused-ring (bicyclic) bond motifs is 18. The highest BCUT2D eigenvalue weighted by atomic mass is 16.3. The van der Waals surface area contributed by atoms with Gasteiger partial charge in [-0.05, 0) is 105 Å². The van der Waals surface area contributed by atoms with Gasteiger partial charge < -0.3 is 22.6 Å². The normalized spacial score (nSPS) is 13.9. The average molecular weight is 801 g/mol. The van der Waals surface area contributed by atoms with Gasteiger partial charge in [0, 0.05) is 65.7 Å². The minimum Gasteiger partial charge on any atom is -0.456 e. The molecule has 0 bridgehead atoms. The van der Waals surface area contributed by atoms with Crippen molar-refractivity contribution in [2.45, 2.75) is 52.4 Å². The maximum absolute atomic E-state index is 6.83. The fourth-order valence-corrected chi connectivity index (χ4v) is 11.1. The lowest BCUT2D eigenvalue weighted by molar-refractivity contribution is 0.587. The van der Waals surface area contributed by atoms with Gasteiger partial charge in [0.1, 0.15) is 33.5 Å². The number of hydrogen-bond acceptors (Lipinski definition) is 4. The second kappa shape index (κ2) is 11.4. The molecule has 14 rings (SSSR count). The van der Waals surface area contributed by atoms with Crippen molar-refractivity contribution in [3.05, 3.63) is 151 Å². The third-order valence-corrected chi connectivity index (χ3v) is 14.1. The number of furan rings is 3. The molecule has 6 heterocycles. The van der Waals surface area contributed by atoms with E-state index in [1.54, 1.807) is 0 Å². The van der Waals surface area contributed by atoms with Crippen molar-refractivity contribution in [1.82, 2.24) is 4.57 Å². The van der Waals surface area contributed by atoms with Crippen molar-refractivity contribution in [3.8, 4) is 16.8 Å². The molecular weight excluding hydrogens is 759 g/mol. The van der Waals surface area contributed by atoms with Gasteiger partial charge in [-0.15, -0.1) is 0 Å². The molecule has 62 heavy (non-hydrogen) atoms. The van der Waals surface area contributed by atoms with Crippen molar-refractivity contribution in [2.75, 3.05) is 4.81 Å². The minimum absolute atomic E-state index is 0.000630. The van der Waals surface area contributed by atoms with Gasteiger partial charge in [0.15, 0.2) is 0 Å². The summed E-state index contributed by atoms with van der Waals surface area (Å²) < 4.78 is 22.6. The molecule has 0 unspecified atom stereocenters. The standard InChI is InChI=1S/C56H41BN2O3/c1-55(2,3)30-15-18-32(19-16-30)59-43-26-39-34-20-17-31(56(4,5)6)25-48(34)62-49(39)28-38(43)35-21-22-37-51-42(23-24-47-52(51)36-12-8-10-14-46(36)60-47)58-44-27-40-33-11-7-9-13-45(33)61-50(40)29-41(44)57(59)53(35)54(37)58/h7-29H,1-6H3. The molecule has 12 aromatic rings.